The molecule has 23 heavy (non-hydrogen) atoms. The molecule has 132 valence electrons. The first kappa shape index (κ1) is 18.2. The van der Waals surface area contributed by atoms with E-state index in [-0.39, 0.29) is 5.91 Å². The first-order chi connectivity index (χ1) is 11.1. The van der Waals surface area contributed by atoms with Gasteiger partial charge in [0.05, 0.1) is 5.71 Å². The molecule has 0 spiro atoms. The number of carbonyl (C=O) groups is 1. The number of piperidine rings is 1. The molecule has 0 radical (unpaired) electrons. The van der Waals surface area contributed by atoms with Gasteiger partial charge in [-0.3, -0.25) is 4.79 Å². The van der Waals surface area contributed by atoms with E-state index >= 15 is 0 Å². The maximum absolute atomic E-state index is 12.8. The summed E-state index contributed by atoms with van der Waals surface area (Å²) in [5.41, 5.74) is 0.854. The number of rotatable bonds is 7. The number of hydrogen-bond donors (Lipinski definition) is 0. The molecule has 5 nitrogen and oxygen atoms in total. The summed E-state index contributed by atoms with van der Waals surface area (Å²) >= 11 is 0. The van der Waals surface area contributed by atoms with Crippen molar-refractivity contribution in [1.82, 2.24) is 9.80 Å². The van der Waals surface area contributed by atoms with E-state index in [1.165, 1.54) is 25.9 Å². The van der Waals surface area contributed by atoms with Gasteiger partial charge in [-0.2, -0.15) is 0 Å². The molecule has 0 aliphatic carbocycles. The summed E-state index contributed by atoms with van der Waals surface area (Å²) in [6, 6.07) is 0.674. The topological polar surface area (TPSA) is 45.1 Å². The Morgan fingerprint density at radius 1 is 1.17 bits per heavy atom. The summed E-state index contributed by atoms with van der Waals surface area (Å²) < 4.78 is 0. The number of nitrogens with zero attached hydrogens (tertiary/aromatic N) is 3. The van der Waals surface area contributed by atoms with E-state index in [2.05, 4.69) is 17.0 Å². The lowest BCUT2D eigenvalue weighted by molar-refractivity contribution is -0.145. The normalized spacial score (nSPS) is 21.3. The minimum Gasteiger partial charge on any atom is -0.382 e. The van der Waals surface area contributed by atoms with Crippen LogP contribution in [-0.4, -0.2) is 59.7 Å². The standard InChI is InChI=1S/C18H33N3O2/c1-4-5-8-17(23-19-15(2)3)18(22)21-13-9-16(10-14-21)20-11-6-7-12-20/h16-17H,4-14H2,1-3H3/t17-/m0/s1. The van der Waals surface area contributed by atoms with Crippen LogP contribution in [0, 0.1) is 0 Å². The second kappa shape index (κ2) is 9.26. The summed E-state index contributed by atoms with van der Waals surface area (Å²) in [6.07, 6.45) is 7.29. The van der Waals surface area contributed by atoms with Crippen LogP contribution in [0.5, 0.6) is 0 Å². The molecule has 2 fully saturated rings. The Kier molecular flexibility index (Phi) is 7.34. The van der Waals surface area contributed by atoms with Crippen LogP contribution < -0.4 is 0 Å². The average molecular weight is 323 g/mol. The predicted molar refractivity (Wildman–Crippen MR) is 93.6 cm³/mol. The number of oxime groups is 1. The molecule has 0 aromatic heterocycles. The van der Waals surface area contributed by atoms with Crippen molar-refractivity contribution in [2.75, 3.05) is 26.2 Å². The van der Waals surface area contributed by atoms with Crippen molar-refractivity contribution in [3.05, 3.63) is 0 Å². The van der Waals surface area contributed by atoms with Gasteiger partial charge < -0.3 is 14.6 Å². The molecule has 0 aromatic carbocycles. The number of hydrogen-bond acceptors (Lipinski definition) is 4. The second-order valence-electron chi connectivity index (χ2n) is 7.07. The first-order valence-electron chi connectivity index (χ1n) is 9.31. The highest BCUT2D eigenvalue weighted by Crippen LogP contribution is 2.22. The minimum atomic E-state index is -0.409. The zero-order chi connectivity index (χ0) is 16.7. The third-order valence-corrected chi connectivity index (χ3v) is 4.89. The largest absolute Gasteiger partial charge is 0.382 e. The minimum absolute atomic E-state index is 0.128. The molecule has 1 atom stereocenters. The number of likely N-dealkylation sites (tertiary alicyclic amines) is 2. The zero-order valence-corrected chi connectivity index (χ0v) is 15.1. The number of amides is 1. The van der Waals surface area contributed by atoms with E-state index in [0.29, 0.717) is 6.04 Å². The molecule has 0 saturated carbocycles. The Hall–Kier alpha value is -1.10. The Labute approximate surface area is 141 Å². The molecule has 1 amide bonds. The van der Waals surface area contributed by atoms with Crippen LogP contribution in [0.1, 0.15) is 65.7 Å². The van der Waals surface area contributed by atoms with Gasteiger partial charge in [-0.05, 0) is 65.5 Å². The zero-order valence-electron chi connectivity index (χ0n) is 15.1. The van der Waals surface area contributed by atoms with Crippen LogP contribution in [0.25, 0.3) is 0 Å². The molecule has 2 saturated heterocycles. The lowest BCUT2D eigenvalue weighted by atomic mass is 10.0. The van der Waals surface area contributed by atoms with Gasteiger partial charge in [0.25, 0.3) is 5.91 Å². The van der Waals surface area contributed by atoms with Crippen molar-refractivity contribution >= 4 is 11.6 Å². The smallest absolute Gasteiger partial charge is 0.266 e. The molecular weight excluding hydrogens is 290 g/mol. The molecule has 2 rings (SSSR count). The van der Waals surface area contributed by atoms with Crippen molar-refractivity contribution in [2.24, 2.45) is 5.16 Å². The number of carbonyl (C=O) groups excluding carboxylic acids is 1. The van der Waals surface area contributed by atoms with Gasteiger partial charge in [0.2, 0.25) is 6.10 Å². The monoisotopic (exact) mass is 323 g/mol. The van der Waals surface area contributed by atoms with E-state index in [0.717, 1.165) is 50.9 Å². The SMILES string of the molecule is CCCC[C@H](ON=C(C)C)C(=O)N1CCC(N2CCCC2)CC1. The Morgan fingerprint density at radius 2 is 1.83 bits per heavy atom. The van der Waals surface area contributed by atoms with Crippen LogP contribution in [0.3, 0.4) is 0 Å². The van der Waals surface area contributed by atoms with Gasteiger partial charge in [0.15, 0.2) is 0 Å². The average Bonchev–Trinajstić information content (AvgIpc) is 3.09. The summed E-state index contributed by atoms with van der Waals surface area (Å²) in [4.78, 5) is 22.9. The maximum atomic E-state index is 12.8. The molecule has 5 heteroatoms. The summed E-state index contributed by atoms with van der Waals surface area (Å²) in [5, 5.41) is 4.03. The van der Waals surface area contributed by atoms with Crippen LogP contribution in [0.4, 0.5) is 0 Å². The highest BCUT2D eigenvalue weighted by molar-refractivity contribution is 5.81. The quantitative estimate of drug-likeness (QED) is 0.534. The predicted octanol–water partition coefficient (Wildman–Crippen LogP) is 3.04. The van der Waals surface area contributed by atoms with Crippen molar-refractivity contribution in [1.29, 1.82) is 0 Å². The molecule has 0 bridgehead atoms. The van der Waals surface area contributed by atoms with E-state index in [1.54, 1.807) is 0 Å². The van der Waals surface area contributed by atoms with Crippen molar-refractivity contribution in [3.63, 3.8) is 0 Å². The summed E-state index contributed by atoms with van der Waals surface area (Å²) in [5.74, 6) is 0.128. The molecule has 0 unspecified atom stereocenters. The number of unbranched alkanes of at least 4 members (excludes halogenated alkanes) is 1. The second-order valence-corrected chi connectivity index (χ2v) is 7.07. The molecule has 2 heterocycles. The fourth-order valence-corrected chi connectivity index (χ4v) is 3.54. The van der Waals surface area contributed by atoms with Gasteiger partial charge in [0.1, 0.15) is 0 Å². The van der Waals surface area contributed by atoms with E-state index in [9.17, 15) is 4.79 Å². The van der Waals surface area contributed by atoms with Gasteiger partial charge in [0, 0.05) is 19.1 Å². The van der Waals surface area contributed by atoms with Crippen LogP contribution in [-0.2, 0) is 9.63 Å². The molecule has 0 aromatic rings. The van der Waals surface area contributed by atoms with E-state index in [4.69, 9.17) is 4.84 Å². The summed E-state index contributed by atoms with van der Waals surface area (Å²) in [6.45, 7) is 10.1. The Bertz CT molecular complexity index is 393. The van der Waals surface area contributed by atoms with Gasteiger partial charge in [-0.25, -0.2) is 0 Å². The fourth-order valence-electron chi connectivity index (χ4n) is 3.54. The maximum Gasteiger partial charge on any atom is 0.266 e. The third-order valence-electron chi connectivity index (χ3n) is 4.89. The van der Waals surface area contributed by atoms with Crippen molar-refractivity contribution < 1.29 is 9.63 Å². The molecule has 0 N–H and O–H groups in total. The highest BCUT2D eigenvalue weighted by atomic mass is 16.6. The summed E-state index contributed by atoms with van der Waals surface area (Å²) in [7, 11) is 0. The van der Waals surface area contributed by atoms with Crippen LogP contribution in [0.2, 0.25) is 0 Å². The van der Waals surface area contributed by atoms with E-state index in [1.807, 2.05) is 18.7 Å². The van der Waals surface area contributed by atoms with Gasteiger partial charge in [-0.15, -0.1) is 0 Å². The van der Waals surface area contributed by atoms with Crippen molar-refractivity contribution in [3.8, 4) is 0 Å². The van der Waals surface area contributed by atoms with E-state index < -0.39 is 6.10 Å². The van der Waals surface area contributed by atoms with Gasteiger partial charge in [-0.1, -0.05) is 18.5 Å². The molecule has 2 aliphatic heterocycles. The van der Waals surface area contributed by atoms with Crippen molar-refractivity contribution in [2.45, 2.75) is 77.9 Å². The third kappa shape index (κ3) is 5.48. The Balaban J connectivity index is 1.85. The molecular formula is C18H33N3O2. The van der Waals surface area contributed by atoms with Gasteiger partial charge >= 0.3 is 0 Å². The molecule has 2 aliphatic rings. The van der Waals surface area contributed by atoms with Crippen LogP contribution in [0.15, 0.2) is 5.16 Å². The van der Waals surface area contributed by atoms with Crippen LogP contribution >= 0.6 is 0 Å². The highest BCUT2D eigenvalue weighted by Gasteiger charge is 2.32. The Morgan fingerprint density at radius 3 is 2.39 bits per heavy atom. The first-order valence-corrected chi connectivity index (χ1v) is 9.31. The fraction of sp³-hybridized carbons (Fsp3) is 0.889. The lowest BCUT2D eigenvalue weighted by Crippen LogP contribution is -2.49. The lowest BCUT2D eigenvalue weighted by Gasteiger charge is -2.37.